The van der Waals surface area contributed by atoms with Crippen molar-refractivity contribution in [2.75, 3.05) is 7.11 Å². The van der Waals surface area contributed by atoms with Gasteiger partial charge in [-0.15, -0.1) is 0 Å². The molecule has 0 fully saturated rings. The minimum Gasteiger partial charge on any atom is -0.494 e. The van der Waals surface area contributed by atoms with Gasteiger partial charge in [-0.3, -0.25) is 4.79 Å². The number of benzene rings is 2. The van der Waals surface area contributed by atoms with Gasteiger partial charge in [-0.05, 0) is 30.2 Å². The smallest absolute Gasteiger partial charge is 0.251 e. The molecule has 0 spiro atoms. The van der Waals surface area contributed by atoms with Crippen LogP contribution in [0.3, 0.4) is 0 Å². The SMILES string of the molecule is CCC(NC(=O)c1ccc(OC)c(F)c1)c1ccccc1. The molecule has 3 nitrogen and oxygen atoms in total. The summed E-state index contributed by atoms with van der Waals surface area (Å²) in [6.07, 6.45) is 0.758. The molecule has 0 saturated heterocycles. The van der Waals surface area contributed by atoms with Crippen molar-refractivity contribution in [2.24, 2.45) is 0 Å². The molecule has 2 rings (SSSR count). The Balaban J connectivity index is 2.15. The molecule has 1 unspecified atom stereocenters. The van der Waals surface area contributed by atoms with E-state index in [0.717, 1.165) is 12.0 Å². The fourth-order valence-electron chi connectivity index (χ4n) is 2.16. The van der Waals surface area contributed by atoms with Crippen LogP contribution in [0.4, 0.5) is 4.39 Å². The zero-order chi connectivity index (χ0) is 15.2. The van der Waals surface area contributed by atoms with Crippen LogP contribution in [0.1, 0.15) is 35.3 Å². The Kier molecular flexibility index (Phi) is 4.93. The van der Waals surface area contributed by atoms with Crippen LogP contribution >= 0.6 is 0 Å². The first-order valence-corrected chi connectivity index (χ1v) is 6.85. The number of carbonyl (C=O) groups is 1. The van der Waals surface area contributed by atoms with Gasteiger partial charge in [0.05, 0.1) is 13.2 Å². The number of rotatable bonds is 5. The first kappa shape index (κ1) is 15.0. The van der Waals surface area contributed by atoms with E-state index < -0.39 is 5.82 Å². The summed E-state index contributed by atoms with van der Waals surface area (Å²) in [6, 6.07) is 13.8. The highest BCUT2D eigenvalue weighted by Crippen LogP contribution is 2.20. The number of hydrogen-bond acceptors (Lipinski definition) is 2. The Morgan fingerprint density at radius 2 is 1.95 bits per heavy atom. The van der Waals surface area contributed by atoms with Crippen LogP contribution in [-0.4, -0.2) is 13.0 Å². The maximum Gasteiger partial charge on any atom is 0.251 e. The molecule has 0 aliphatic rings. The van der Waals surface area contributed by atoms with Gasteiger partial charge in [0.2, 0.25) is 0 Å². The Hall–Kier alpha value is -2.36. The van der Waals surface area contributed by atoms with E-state index in [1.54, 1.807) is 6.07 Å². The van der Waals surface area contributed by atoms with Crippen molar-refractivity contribution in [1.82, 2.24) is 5.32 Å². The second kappa shape index (κ2) is 6.88. The summed E-state index contributed by atoms with van der Waals surface area (Å²) in [5, 5.41) is 2.92. The van der Waals surface area contributed by atoms with Gasteiger partial charge in [0.1, 0.15) is 0 Å². The number of nitrogens with one attached hydrogen (secondary N) is 1. The van der Waals surface area contributed by atoms with Crippen LogP contribution in [0.2, 0.25) is 0 Å². The van der Waals surface area contributed by atoms with Crippen molar-refractivity contribution in [3.8, 4) is 5.75 Å². The van der Waals surface area contributed by atoms with Gasteiger partial charge in [0.25, 0.3) is 5.91 Å². The van der Waals surface area contributed by atoms with Gasteiger partial charge in [0, 0.05) is 5.56 Å². The summed E-state index contributed by atoms with van der Waals surface area (Å²) in [4.78, 5) is 12.2. The number of halogens is 1. The lowest BCUT2D eigenvalue weighted by atomic mass is 10.0. The van der Waals surface area contributed by atoms with E-state index in [1.807, 2.05) is 37.3 Å². The molecular weight excluding hydrogens is 269 g/mol. The van der Waals surface area contributed by atoms with Gasteiger partial charge in [0.15, 0.2) is 11.6 Å². The molecule has 110 valence electrons. The highest BCUT2D eigenvalue weighted by atomic mass is 19.1. The van der Waals surface area contributed by atoms with E-state index in [0.29, 0.717) is 0 Å². The quantitative estimate of drug-likeness (QED) is 0.910. The van der Waals surface area contributed by atoms with Gasteiger partial charge in [-0.25, -0.2) is 4.39 Å². The standard InChI is InChI=1S/C17H18FNO2/c1-3-15(12-7-5-4-6-8-12)19-17(20)13-9-10-16(21-2)14(18)11-13/h4-11,15H,3H2,1-2H3,(H,19,20). The van der Waals surface area contributed by atoms with Gasteiger partial charge in [-0.2, -0.15) is 0 Å². The summed E-state index contributed by atoms with van der Waals surface area (Å²) < 4.78 is 18.5. The average Bonchev–Trinajstić information content (AvgIpc) is 2.53. The molecular formula is C17H18FNO2. The monoisotopic (exact) mass is 287 g/mol. The largest absolute Gasteiger partial charge is 0.494 e. The van der Waals surface area contributed by atoms with E-state index >= 15 is 0 Å². The zero-order valence-electron chi connectivity index (χ0n) is 12.1. The molecule has 0 saturated carbocycles. The predicted molar refractivity (Wildman–Crippen MR) is 79.9 cm³/mol. The van der Waals surface area contributed by atoms with Crippen molar-refractivity contribution in [2.45, 2.75) is 19.4 Å². The normalized spacial score (nSPS) is 11.8. The molecule has 1 N–H and O–H groups in total. The first-order chi connectivity index (χ1) is 10.2. The van der Waals surface area contributed by atoms with Crippen LogP contribution in [0, 0.1) is 5.82 Å². The molecule has 0 bridgehead atoms. The molecule has 1 atom stereocenters. The molecule has 21 heavy (non-hydrogen) atoms. The van der Waals surface area contributed by atoms with Crippen LogP contribution in [0.5, 0.6) is 5.75 Å². The topological polar surface area (TPSA) is 38.3 Å². The Bertz CT molecular complexity index is 613. The van der Waals surface area contributed by atoms with E-state index in [9.17, 15) is 9.18 Å². The second-order valence-electron chi connectivity index (χ2n) is 4.69. The summed E-state index contributed by atoms with van der Waals surface area (Å²) in [7, 11) is 1.39. The van der Waals surface area contributed by atoms with Crippen molar-refractivity contribution >= 4 is 5.91 Å². The lowest BCUT2D eigenvalue weighted by Gasteiger charge is -2.17. The Labute approximate surface area is 123 Å². The predicted octanol–water partition coefficient (Wildman–Crippen LogP) is 3.72. The van der Waals surface area contributed by atoms with Crippen LogP contribution < -0.4 is 10.1 Å². The maximum absolute atomic E-state index is 13.6. The molecule has 2 aromatic rings. The van der Waals surface area contributed by atoms with Crippen LogP contribution in [-0.2, 0) is 0 Å². The van der Waals surface area contributed by atoms with Gasteiger partial charge >= 0.3 is 0 Å². The minimum atomic E-state index is -0.544. The first-order valence-electron chi connectivity index (χ1n) is 6.85. The molecule has 0 radical (unpaired) electrons. The maximum atomic E-state index is 13.6. The molecule has 2 aromatic carbocycles. The lowest BCUT2D eigenvalue weighted by molar-refractivity contribution is 0.0935. The van der Waals surface area contributed by atoms with Crippen molar-refractivity contribution in [3.63, 3.8) is 0 Å². The highest BCUT2D eigenvalue weighted by Gasteiger charge is 2.15. The molecule has 0 heterocycles. The zero-order valence-corrected chi connectivity index (χ0v) is 12.1. The highest BCUT2D eigenvalue weighted by molar-refractivity contribution is 5.94. The van der Waals surface area contributed by atoms with Gasteiger partial charge in [-0.1, -0.05) is 37.3 Å². The minimum absolute atomic E-state index is 0.0936. The molecule has 0 aliphatic carbocycles. The number of ether oxygens (including phenoxy) is 1. The Morgan fingerprint density at radius 1 is 1.24 bits per heavy atom. The van der Waals surface area contributed by atoms with Crippen LogP contribution in [0.25, 0.3) is 0 Å². The molecule has 0 aliphatic heterocycles. The summed E-state index contributed by atoms with van der Waals surface area (Å²) in [5.74, 6) is -0.716. The van der Waals surface area contributed by atoms with Crippen molar-refractivity contribution in [3.05, 3.63) is 65.5 Å². The lowest BCUT2D eigenvalue weighted by Crippen LogP contribution is -2.28. The number of carbonyl (C=O) groups excluding carboxylic acids is 1. The summed E-state index contributed by atoms with van der Waals surface area (Å²) in [5.41, 5.74) is 1.31. The molecule has 0 aromatic heterocycles. The van der Waals surface area contributed by atoms with E-state index in [2.05, 4.69) is 5.32 Å². The Morgan fingerprint density at radius 3 is 2.52 bits per heavy atom. The fraction of sp³-hybridized carbons (Fsp3) is 0.235. The fourth-order valence-corrected chi connectivity index (χ4v) is 2.16. The number of amides is 1. The second-order valence-corrected chi connectivity index (χ2v) is 4.69. The molecule has 4 heteroatoms. The van der Waals surface area contributed by atoms with Crippen molar-refractivity contribution in [1.29, 1.82) is 0 Å². The van der Waals surface area contributed by atoms with E-state index in [4.69, 9.17) is 4.74 Å². The summed E-state index contributed by atoms with van der Waals surface area (Å²) in [6.45, 7) is 1.99. The van der Waals surface area contributed by atoms with Crippen LogP contribution in [0.15, 0.2) is 48.5 Å². The van der Waals surface area contributed by atoms with Crippen molar-refractivity contribution < 1.29 is 13.9 Å². The number of hydrogen-bond donors (Lipinski definition) is 1. The average molecular weight is 287 g/mol. The van der Waals surface area contributed by atoms with E-state index in [-0.39, 0.29) is 23.3 Å². The third-order valence-corrected chi connectivity index (χ3v) is 3.33. The van der Waals surface area contributed by atoms with Gasteiger partial charge < -0.3 is 10.1 Å². The third-order valence-electron chi connectivity index (χ3n) is 3.33. The number of methoxy groups -OCH3 is 1. The third kappa shape index (κ3) is 3.60. The molecule has 1 amide bonds. The van der Waals surface area contributed by atoms with E-state index in [1.165, 1.54) is 19.2 Å². The summed E-state index contributed by atoms with van der Waals surface area (Å²) >= 11 is 0.